The van der Waals surface area contributed by atoms with Gasteiger partial charge < -0.3 is 10.2 Å². The molecule has 0 aliphatic carbocycles. The number of benzene rings is 2. The van der Waals surface area contributed by atoms with E-state index in [4.69, 9.17) is 4.98 Å². The van der Waals surface area contributed by atoms with Crippen LogP contribution in [0.2, 0.25) is 0 Å². The summed E-state index contributed by atoms with van der Waals surface area (Å²) in [5, 5.41) is 2.63. The van der Waals surface area contributed by atoms with E-state index in [0.29, 0.717) is 17.9 Å². The first-order valence-electron chi connectivity index (χ1n) is 10.5. The summed E-state index contributed by atoms with van der Waals surface area (Å²) in [5.74, 6) is 0.588. The summed E-state index contributed by atoms with van der Waals surface area (Å²) in [6.45, 7) is 2.09. The molecule has 3 heterocycles. The molecule has 0 saturated carbocycles. The average Bonchev–Trinajstić information content (AvgIpc) is 3.47. The minimum Gasteiger partial charge on any atom is -0.355 e. The van der Waals surface area contributed by atoms with Gasteiger partial charge >= 0.3 is 0 Å². The van der Waals surface area contributed by atoms with E-state index in [1.807, 2.05) is 36.5 Å². The summed E-state index contributed by atoms with van der Waals surface area (Å²) < 4.78 is 3.14. The number of thiazole rings is 1. The van der Waals surface area contributed by atoms with Crippen molar-refractivity contribution in [1.29, 1.82) is 0 Å². The van der Waals surface area contributed by atoms with Crippen molar-refractivity contribution in [2.24, 2.45) is 5.92 Å². The van der Waals surface area contributed by atoms with Crippen LogP contribution in [0.5, 0.6) is 0 Å². The molecule has 1 aliphatic heterocycles. The number of hydrogen-bond acceptors (Lipinski definition) is 5. The van der Waals surface area contributed by atoms with Crippen LogP contribution in [0.25, 0.3) is 26.4 Å². The molecule has 4 aromatic rings. The van der Waals surface area contributed by atoms with Crippen molar-refractivity contribution in [2.75, 3.05) is 27.2 Å². The lowest BCUT2D eigenvalue weighted by Gasteiger charge is -2.09. The normalized spacial score (nSPS) is 16.9. The van der Waals surface area contributed by atoms with Gasteiger partial charge in [-0.15, -0.1) is 0 Å². The van der Waals surface area contributed by atoms with Crippen molar-refractivity contribution in [3.05, 3.63) is 59.8 Å². The Balaban J connectivity index is 1.40. The van der Waals surface area contributed by atoms with E-state index in [-0.39, 0.29) is 11.7 Å². The van der Waals surface area contributed by atoms with E-state index in [0.717, 1.165) is 51.5 Å². The minimum absolute atomic E-state index is 0.103. The Kier molecular flexibility index (Phi) is 5.08. The average molecular weight is 433 g/mol. The number of Topliss-reactive ketones (excluding diaryl/α,β-unsaturated/α-hetero) is 1. The maximum atomic E-state index is 12.8. The molecule has 1 saturated heterocycles. The van der Waals surface area contributed by atoms with Gasteiger partial charge in [-0.1, -0.05) is 23.5 Å². The number of hydrogen-bond donors (Lipinski definition) is 1. The second-order valence-corrected chi connectivity index (χ2v) is 9.27. The van der Waals surface area contributed by atoms with Gasteiger partial charge in [0.1, 0.15) is 0 Å². The maximum Gasteiger partial charge on any atom is 0.251 e. The zero-order valence-electron chi connectivity index (χ0n) is 17.6. The van der Waals surface area contributed by atoms with Crippen molar-refractivity contribution in [3.8, 4) is 11.3 Å². The van der Waals surface area contributed by atoms with Crippen molar-refractivity contribution < 1.29 is 9.59 Å². The van der Waals surface area contributed by atoms with Crippen molar-refractivity contribution in [2.45, 2.75) is 12.8 Å². The van der Waals surface area contributed by atoms with Crippen LogP contribution in [0.3, 0.4) is 0 Å². The van der Waals surface area contributed by atoms with Crippen molar-refractivity contribution in [1.82, 2.24) is 19.6 Å². The number of imidazole rings is 1. The number of ketones is 1. The van der Waals surface area contributed by atoms with Crippen LogP contribution in [-0.4, -0.2) is 53.2 Å². The fraction of sp³-hybridized carbons (Fsp3) is 0.292. The first-order valence-corrected chi connectivity index (χ1v) is 11.3. The number of nitrogens with zero attached hydrogens (tertiary/aromatic N) is 3. The van der Waals surface area contributed by atoms with Crippen LogP contribution in [-0.2, 0) is 0 Å². The molecule has 1 amide bonds. The first-order chi connectivity index (χ1) is 15.0. The Morgan fingerprint density at radius 1 is 1.16 bits per heavy atom. The summed E-state index contributed by atoms with van der Waals surface area (Å²) in [6, 6.07) is 13.4. The summed E-state index contributed by atoms with van der Waals surface area (Å²) in [6.07, 6.45) is 3.73. The molecule has 2 aromatic heterocycles. The smallest absolute Gasteiger partial charge is 0.251 e. The lowest BCUT2D eigenvalue weighted by atomic mass is 9.97. The minimum atomic E-state index is -0.103. The molecule has 0 radical (unpaired) electrons. The molecule has 6 nitrogen and oxygen atoms in total. The van der Waals surface area contributed by atoms with Gasteiger partial charge in [0.15, 0.2) is 10.7 Å². The van der Waals surface area contributed by atoms with Crippen LogP contribution in [0.4, 0.5) is 0 Å². The number of nitrogens with one attached hydrogen (secondary N) is 1. The van der Waals surface area contributed by atoms with E-state index in [2.05, 4.69) is 21.7 Å². The lowest BCUT2D eigenvalue weighted by molar-refractivity contribution is 0.0955. The summed E-state index contributed by atoms with van der Waals surface area (Å²) in [4.78, 5) is 32.5. The number of rotatable bonds is 5. The summed E-state index contributed by atoms with van der Waals surface area (Å²) in [5.41, 5.74) is 4.29. The van der Waals surface area contributed by atoms with Gasteiger partial charge in [-0.05, 0) is 56.3 Å². The molecule has 1 fully saturated rings. The number of amides is 1. The zero-order chi connectivity index (χ0) is 21.5. The molecule has 158 valence electrons. The van der Waals surface area contributed by atoms with Gasteiger partial charge in [-0.25, -0.2) is 4.98 Å². The Morgan fingerprint density at radius 3 is 2.65 bits per heavy atom. The van der Waals surface area contributed by atoms with Crippen LogP contribution in [0.1, 0.15) is 33.6 Å². The SMILES string of the molecule is CNC(=O)c1ccc(-c2cn3c(n2)sc2cc(C(=O)C[C@H]4CCN(C)C4)ccc23)cc1. The molecule has 1 atom stereocenters. The van der Waals surface area contributed by atoms with E-state index >= 15 is 0 Å². The fourth-order valence-corrected chi connectivity index (χ4v) is 5.37. The third kappa shape index (κ3) is 3.75. The van der Waals surface area contributed by atoms with Gasteiger partial charge in [0, 0.05) is 42.9 Å². The molecule has 0 unspecified atom stereocenters. The second kappa shape index (κ2) is 7.90. The number of carbonyl (C=O) groups is 2. The van der Waals surface area contributed by atoms with E-state index in [1.54, 1.807) is 30.5 Å². The third-order valence-electron chi connectivity index (χ3n) is 6.05. The van der Waals surface area contributed by atoms with Gasteiger partial charge in [0.05, 0.1) is 15.9 Å². The number of likely N-dealkylation sites (tertiary alicyclic amines) is 1. The fourth-order valence-electron chi connectivity index (χ4n) is 4.32. The highest BCUT2D eigenvalue weighted by Crippen LogP contribution is 2.31. The Hall–Kier alpha value is -3.03. The van der Waals surface area contributed by atoms with E-state index in [9.17, 15) is 9.59 Å². The molecular formula is C24H24N4O2S. The molecular weight excluding hydrogens is 408 g/mol. The van der Waals surface area contributed by atoms with Gasteiger partial charge in [0.25, 0.3) is 5.91 Å². The van der Waals surface area contributed by atoms with Crippen LogP contribution < -0.4 is 5.32 Å². The molecule has 0 bridgehead atoms. The second-order valence-electron chi connectivity index (χ2n) is 8.26. The molecule has 31 heavy (non-hydrogen) atoms. The third-order valence-corrected chi connectivity index (χ3v) is 7.07. The Bertz CT molecular complexity index is 1290. The molecule has 2 aromatic carbocycles. The topological polar surface area (TPSA) is 66.7 Å². The molecule has 7 heteroatoms. The molecule has 0 spiro atoms. The largest absolute Gasteiger partial charge is 0.355 e. The highest BCUT2D eigenvalue weighted by molar-refractivity contribution is 7.23. The monoisotopic (exact) mass is 432 g/mol. The van der Waals surface area contributed by atoms with Gasteiger partial charge in [0.2, 0.25) is 0 Å². The maximum absolute atomic E-state index is 12.8. The molecule has 5 rings (SSSR count). The highest BCUT2D eigenvalue weighted by atomic mass is 32.1. The quantitative estimate of drug-likeness (QED) is 0.482. The van der Waals surface area contributed by atoms with Crippen molar-refractivity contribution >= 4 is 38.2 Å². The number of fused-ring (bicyclic) bond motifs is 3. The highest BCUT2D eigenvalue weighted by Gasteiger charge is 2.23. The Morgan fingerprint density at radius 2 is 1.94 bits per heavy atom. The lowest BCUT2D eigenvalue weighted by Crippen LogP contribution is -2.17. The number of aromatic nitrogens is 2. The van der Waals surface area contributed by atoms with Crippen LogP contribution in [0, 0.1) is 5.92 Å². The predicted octanol–water partition coefficient (Wildman–Crippen LogP) is 4.10. The summed E-state index contributed by atoms with van der Waals surface area (Å²) in [7, 11) is 3.74. The number of carbonyl (C=O) groups excluding carboxylic acids is 2. The van der Waals surface area contributed by atoms with E-state index < -0.39 is 0 Å². The predicted molar refractivity (Wildman–Crippen MR) is 124 cm³/mol. The Labute approximate surface area is 184 Å². The van der Waals surface area contributed by atoms with E-state index in [1.165, 1.54) is 0 Å². The van der Waals surface area contributed by atoms with Crippen LogP contribution >= 0.6 is 11.3 Å². The molecule has 1 N–H and O–H groups in total. The zero-order valence-corrected chi connectivity index (χ0v) is 18.4. The van der Waals surface area contributed by atoms with Crippen molar-refractivity contribution in [3.63, 3.8) is 0 Å². The first kappa shape index (κ1) is 19.9. The van der Waals surface area contributed by atoms with Gasteiger partial charge in [-0.2, -0.15) is 0 Å². The van der Waals surface area contributed by atoms with Crippen LogP contribution in [0.15, 0.2) is 48.7 Å². The van der Waals surface area contributed by atoms with Gasteiger partial charge in [-0.3, -0.25) is 14.0 Å². The standard InChI is InChI=1S/C24H24N4O2S/c1-25-23(30)17-5-3-16(4-6-17)19-14-28-20-8-7-18(12-22(20)31-24(28)26-19)21(29)11-15-9-10-27(2)13-15/h3-8,12,14-15H,9-11,13H2,1-2H3,(H,25,30)/t15-/m1/s1. The summed E-state index contributed by atoms with van der Waals surface area (Å²) >= 11 is 1.59. The molecule has 1 aliphatic rings.